The number of carbonyl (C=O) groups excluding carboxylic acids is 1. The van der Waals surface area contributed by atoms with Crippen LogP contribution >= 0.6 is 0 Å². The van der Waals surface area contributed by atoms with Crippen LogP contribution in [0.5, 0.6) is 0 Å². The van der Waals surface area contributed by atoms with Gasteiger partial charge >= 0.3 is 0 Å². The summed E-state index contributed by atoms with van der Waals surface area (Å²) in [5.74, 6) is 2.73. The van der Waals surface area contributed by atoms with Crippen LogP contribution in [0.1, 0.15) is 25.7 Å². The highest BCUT2D eigenvalue weighted by atomic mass is 16.5. The topological polar surface area (TPSA) is 26.3 Å². The minimum Gasteiger partial charge on any atom is -0.380 e. The monoisotopic (exact) mass is 180 g/mol. The van der Waals surface area contributed by atoms with E-state index in [9.17, 15) is 4.79 Å². The lowest BCUT2D eigenvalue weighted by atomic mass is 9.54. The SMILES string of the molecule is COC1C2CC3CC(C2)C(=O)C1C3. The average Bonchev–Trinajstić information content (AvgIpc) is 2.13. The van der Waals surface area contributed by atoms with E-state index in [1.165, 1.54) is 12.8 Å². The lowest BCUT2D eigenvalue weighted by Gasteiger charge is -2.52. The molecule has 0 radical (unpaired) electrons. The summed E-state index contributed by atoms with van der Waals surface area (Å²) in [5.41, 5.74) is 0. The van der Waals surface area contributed by atoms with E-state index < -0.39 is 0 Å². The molecule has 0 saturated heterocycles. The number of hydrogen-bond donors (Lipinski definition) is 0. The van der Waals surface area contributed by atoms with Crippen LogP contribution in [0.3, 0.4) is 0 Å². The van der Waals surface area contributed by atoms with E-state index in [0.717, 1.165) is 18.8 Å². The van der Waals surface area contributed by atoms with Crippen molar-refractivity contribution >= 4 is 5.78 Å². The van der Waals surface area contributed by atoms with Crippen molar-refractivity contribution in [3.63, 3.8) is 0 Å². The molecule has 4 fully saturated rings. The quantitative estimate of drug-likeness (QED) is 0.613. The third-order valence-electron chi connectivity index (χ3n) is 4.33. The molecular formula is C11H16O2. The number of rotatable bonds is 1. The third-order valence-corrected chi connectivity index (χ3v) is 4.33. The van der Waals surface area contributed by atoms with E-state index in [2.05, 4.69) is 0 Å². The molecule has 0 aliphatic heterocycles. The van der Waals surface area contributed by atoms with Gasteiger partial charge in [-0.25, -0.2) is 0 Å². The van der Waals surface area contributed by atoms with Crippen LogP contribution in [0, 0.1) is 23.7 Å². The van der Waals surface area contributed by atoms with Gasteiger partial charge in [0, 0.05) is 18.9 Å². The number of ether oxygens (including phenoxy) is 1. The van der Waals surface area contributed by atoms with Crippen LogP contribution < -0.4 is 0 Å². The van der Waals surface area contributed by atoms with Gasteiger partial charge in [0.1, 0.15) is 5.78 Å². The standard InChI is InChI=1S/C11H16O2/c1-13-11-8-3-6-2-7(5-8)10(12)9(11)4-6/h6-9,11H,2-5H2,1H3. The first-order valence-corrected chi connectivity index (χ1v) is 5.36. The normalized spacial score (nSPS) is 53.0. The third kappa shape index (κ3) is 0.954. The van der Waals surface area contributed by atoms with Crippen molar-refractivity contribution in [2.75, 3.05) is 7.11 Å². The maximum Gasteiger partial charge on any atom is 0.141 e. The van der Waals surface area contributed by atoms with E-state index in [0.29, 0.717) is 17.6 Å². The second-order valence-electron chi connectivity index (χ2n) is 4.98. The van der Waals surface area contributed by atoms with Crippen LogP contribution in [-0.4, -0.2) is 19.0 Å². The molecule has 2 nitrogen and oxygen atoms in total. The Morgan fingerprint density at radius 2 is 2.08 bits per heavy atom. The highest BCUT2D eigenvalue weighted by Crippen LogP contribution is 2.52. The first-order chi connectivity index (χ1) is 6.29. The van der Waals surface area contributed by atoms with Gasteiger partial charge in [0.05, 0.1) is 6.10 Å². The molecule has 4 bridgehead atoms. The highest BCUT2D eigenvalue weighted by molar-refractivity contribution is 5.86. The van der Waals surface area contributed by atoms with Gasteiger partial charge in [-0.3, -0.25) is 4.79 Å². The zero-order chi connectivity index (χ0) is 9.00. The Balaban J connectivity index is 1.94. The lowest BCUT2D eigenvalue weighted by molar-refractivity contribution is -0.158. The van der Waals surface area contributed by atoms with Crippen molar-refractivity contribution < 1.29 is 9.53 Å². The predicted molar refractivity (Wildman–Crippen MR) is 48.2 cm³/mol. The van der Waals surface area contributed by atoms with Gasteiger partial charge in [-0.05, 0) is 37.5 Å². The number of carbonyl (C=O) groups is 1. The Bertz CT molecular complexity index is 248. The molecule has 2 heteroatoms. The van der Waals surface area contributed by atoms with Crippen LogP contribution in [0.2, 0.25) is 0 Å². The smallest absolute Gasteiger partial charge is 0.141 e. The summed E-state index contributed by atoms with van der Waals surface area (Å²) in [6.45, 7) is 0. The van der Waals surface area contributed by atoms with E-state index in [1.807, 2.05) is 0 Å². The van der Waals surface area contributed by atoms with Gasteiger partial charge in [0.25, 0.3) is 0 Å². The summed E-state index contributed by atoms with van der Waals surface area (Å²) in [7, 11) is 1.76. The van der Waals surface area contributed by atoms with Crippen molar-refractivity contribution in [1.29, 1.82) is 0 Å². The summed E-state index contributed by atoms with van der Waals surface area (Å²) in [5, 5.41) is 0. The van der Waals surface area contributed by atoms with Gasteiger partial charge in [-0.2, -0.15) is 0 Å². The van der Waals surface area contributed by atoms with E-state index in [1.54, 1.807) is 7.11 Å². The van der Waals surface area contributed by atoms with Crippen molar-refractivity contribution in [3.8, 4) is 0 Å². The van der Waals surface area contributed by atoms with Crippen LogP contribution in [0.4, 0.5) is 0 Å². The highest BCUT2D eigenvalue weighted by Gasteiger charge is 2.53. The molecule has 0 spiro atoms. The average molecular weight is 180 g/mol. The fraction of sp³-hybridized carbons (Fsp3) is 0.909. The zero-order valence-electron chi connectivity index (χ0n) is 8.03. The van der Waals surface area contributed by atoms with Gasteiger partial charge in [0.15, 0.2) is 0 Å². The summed E-state index contributed by atoms with van der Waals surface area (Å²) >= 11 is 0. The molecule has 0 aromatic carbocycles. The van der Waals surface area contributed by atoms with Crippen molar-refractivity contribution in [1.82, 2.24) is 0 Å². The fourth-order valence-electron chi connectivity index (χ4n) is 3.94. The molecule has 4 aliphatic rings. The van der Waals surface area contributed by atoms with Gasteiger partial charge in [-0.15, -0.1) is 0 Å². The Morgan fingerprint density at radius 3 is 2.85 bits per heavy atom. The van der Waals surface area contributed by atoms with Gasteiger partial charge < -0.3 is 4.74 Å². The van der Waals surface area contributed by atoms with Gasteiger partial charge in [-0.1, -0.05) is 0 Å². The van der Waals surface area contributed by atoms with Crippen LogP contribution in [0.15, 0.2) is 0 Å². The Morgan fingerprint density at radius 1 is 1.23 bits per heavy atom. The first kappa shape index (κ1) is 7.98. The summed E-state index contributed by atoms with van der Waals surface area (Å²) < 4.78 is 5.48. The number of hydrogen-bond acceptors (Lipinski definition) is 2. The molecule has 0 aromatic rings. The minimum absolute atomic E-state index is 0.264. The molecule has 5 unspecified atom stereocenters. The molecule has 4 aliphatic carbocycles. The van der Waals surface area contributed by atoms with Crippen LogP contribution in [-0.2, 0) is 9.53 Å². The zero-order valence-corrected chi connectivity index (χ0v) is 8.03. The largest absolute Gasteiger partial charge is 0.380 e. The molecule has 4 saturated carbocycles. The first-order valence-electron chi connectivity index (χ1n) is 5.36. The molecule has 0 amide bonds. The lowest BCUT2D eigenvalue weighted by Crippen LogP contribution is -2.54. The second-order valence-corrected chi connectivity index (χ2v) is 4.98. The Kier molecular flexibility index (Phi) is 1.58. The van der Waals surface area contributed by atoms with Crippen molar-refractivity contribution in [2.45, 2.75) is 31.8 Å². The molecular weight excluding hydrogens is 164 g/mol. The van der Waals surface area contributed by atoms with Crippen molar-refractivity contribution in [2.24, 2.45) is 23.7 Å². The molecule has 72 valence electrons. The van der Waals surface area contributed by atoms with Crippen LogP contribution in [0.25, 0.3) is 0 Å². The maximum atomic E-state index is 11.9. The minimum atomic E-state index is 0.264. The molecule has 4 rings (SSSR count). The predicted octanol–water partition coefficient (Wildman–Crippen LogP) is 1.64. The Labute approximate surface area is 78.6 Å². The number of Topliss-reactive ketones (excluding diaryl/α,β-unsaturated/α-hetero) is 1. The Hall–Kier alpha value is -0.370. The number of ketones is 1. The van der Waals surface area contributed by atoms with E-state index >= 15 is 0 Å². The molecule has 13 heavy (non-hydrogen) atoms. The molecule has 0 heterocycles. The fourth-order valence-corrected chi connectivity index (χ4v) is 3.94. The van der Waals surface area contributed by atoms with E-state index in [4.69, 9.17) is 4.74 Å². The molecule has 5 atom stereocenters. The van der Waals surface area contributed by atoms with Crippen molar-refractivity contribution in [3.05, 3.63) is 0 Å². The summed E-state index contributed by atoms with van der Waals surface area (Å²) in [4.78, 5) is 11.9. The van der Waals surface area contributed by atoms with Gasteiger partial charge in [0.2, 0.25) is 0 Å². The molecule has 0 aromatic heterocycles. The second kappa shape index (κ2) is 2.57. The molecule has 0 N–H and O–H groups in total. The van der Waals surface area contributed by atoms with E-state index in [-0.39, 0.29) is 12.0 Å². The number of methoxy groups -OCH3 is 1. The summed E-state index contributed by atoms with van der Waals surface area (Å²) in [6.07, 6.45) is 5.00. The maximum absolute atomic E-state index is 11.9. The summed E-state index contributed by atoms with van der Waals surface area (Å²) in [6, 6.07) is 0.